The molecule has 1 aromatic heterocycles. The number of nitrogens with zero attached hydrogens (tertiary/aromatic N) is 1. The first-order valence-corrected chi connectivity index (χ1v) is 6.11. The highest BCUT2D eigenvalue weighted by Crippen LogP contribution is 2.22. The van der Waals surface area contributed by atoms with E-state index in [0.29, 0.717) is 16.3 Å². The summed E-state index contributed by atoms with van der Waals surface area (Å²) in [6.45, 7) is 0.0282. The third kappa shape index (κ3) is 2.88. The molecule has 0 fully saturated rings. The predicted octanol–water partition coefficient (Wildman–Crippen LogP) is 3.63. The van der Waals surface area contributed by atoms with E-state index in [9.17, 15) is 8.78 Å². The van der Waals surface area contributed by atoms with Gasteiger partial charge in [0.15, 0.2) is 4.77 Å². The van der Waals surface area contributed by atoms with Crippen molar-refractivity contribution in [2.24, 2.45) is 0 Å². The van der Waals surface area contributed by atoms with Crippen molar-refractivity contribution in [1.29, 1.82) is 0 Å². The summed E-state index contributed by atoms with van der Waals surface area (Å²) in [4.78, 5) is 2.99. The fourth-order valence-corrected chi connectivity index (χ4v) is 2.20. The second-order valence-electron chi connectivity index (χ2n) is 3.68. The molecule has 0 radical (unpaired) electrons. The number of alkyl halides is 2. The van der Waals surface area contributed by atoms with Crippen molar-refractivity contribution in [2.45, 2.75) is 13.0 Å². The van der Waals surface area contributed by atoms with Gasteiger partial charge in [0.2, 0.25) is 0 Å². The highest BCUT2D eigenvalue weighted by Gasteiger charge is 2.07. The Hall–Kier alpha value is -0.980. The molecule has 0 unspecified atom stereocenters. The number of aromatic amines is 1. The van der Waals surface area contributed by atoms with Crippen LogP contribution in [0.15, 0.2) is 18.2 Å². The molecule has 0 aliphatic rings. The third-order valence-electron chi connectivity index (χ3n) is 2.46. The molecule has 0 saturated carbocycles. The van der Waals surface area contributed by atoms with E-state index in [1.54, 1.807) is 10.6 Å². The summed E-state index contributed by atoms with van der Waals surface area (Å²) in [7, 11) is 0. The molecule has 0 aliphatic carbocycles. The van der Waals surface area contributed by atoms with Crippen molar-refractivity contribution in [1.82, 2.24) is 9.55 Å². The van der Waals surface area contributed by atoms with Crippen molar-refractivity contribution in [3.8, 4) is 0 Å². The third-order valence-corrected chi connectivity index (χ3v) is 3.10. The van der Waals surface area contributed by atoms with Gasteiger partial charge in [0, 0.05) is 6.54 Å². The Kier molecular flexibility index (Phi) is 4.31. The fraction of sp³-hybridized carbons (Fsp3) is 0.364. The van der Waals surface area contributed by atoms with E-state index in [2.05, 4.69) is 4.98 Å². The lowest BCUT2D eigenvalue weighted by Crippen LogP contribution is -2.10. The van der Waals surface area contributed by atoms with E-state index in [-0.39, 0.29) is 6.61 Å². The largest absolute Gasteiger partial charge is 0.374 e. The van der Waals surface area contributed by atoms with Crippen LogP contribution >= 0.6 is 23.8 Å². The van der Waals surface area contributed by atoms with Crippen LogP contribution in [0, 0.1) is 4.77 Å². The van der Waals surface area contributed by atoms with Gasteiger partial charge in [-0.05, 0) is 24.4 Å². The highest BCUT2D eigenvalue weighted by atomic mass is 35.5. The molecule has 1 aromatic carbocycles. The van der Waals surface area contributed by atoms with Crippen molar-refractivity contribution in [3.63, 3.8) is 0 Å². The Morgan fingerprint density at radius 3 is 2.94 bits per heavy atom. The molecule has 0 atom stereocenters. The first-order valence-electron chi connectivity index (χ1n) is 5.32. The van der Waals surface area contributed by atoms with E-state index in [1.165, 1.54) is 0 Å². The summed E-state index contributed by atoms with van der Waals surface area (Å²) in [5.74, 6) is 0. The van der Waals surface area contributed by atoms with Crippen LogP contribution in [0.1, 0.15) is 0 Å². The summed E-state index contributed by atoms with van der Waals surface area (Å²) in [6.07, 6.45) is -2.45. The van der Waals surface area contributed by atoms with E-state index >= 15 is 0 Å². The molecule has 1 heterocycles. The molecule has 2 aromatic rings. The van der Waals surface area contributed by atoms with Crippen molar-refractivity contribution in [3.05, 3.63) is 28.0 Å². The topological polar surface area (TPSA) is 29.9 Å². The normalized spacial score (nSPS) is 11.6. The lowest BCUT2D eigenvalue weighted by molar-refractivity contribution is 0.0149. The maximum absolute atomic E-state index is 11.9. The molecule has 0 bridgehead atoms. The van der Waals surface area contributed by atoms with Crippen molar-refractivity contribution >= 4 is 34.9 Å². The van der Waals surface area contributed by atoms with Gasteiger partial charge in [-0.25, -0.2) is 8.78 Å². The number of H-pyrrole nitrogens is 1. The molecule has 0 spiro atoms. The summed E-state index contributed by atoms with van der Waals surface area (Å²) in [5, 5.41) is 0.575. The van der Waals surface area contributed by atoms with E-state index in [1.807, 2.05) is 12.1 Å². The predicted molar refractivity (Wildman–Crippen MR) is 69.0 cm³/mol. The fourth-order valence-electron chi connectivity index (χ4n) is 1.70. The number of aromatic nitrogens is 2. The smallest absolute Gasteiger partial charge is 0.261 e. The van der Waals surface area contributed by atoms with Crippen LogP contribution in [0.5, 0.6) is 0 Å². The Balaban J connectivity index is 2.16. The lowest BCUT2D eigenvalue weighted by atomic mass is 10.3. The number of fused-ring (bicyclic) bond motifs is 1. The second-order valence-corrected chi connectivity index (χ2v) is 4.48. The number of rotatable bonds is 5. The molecule has 1 N–H and O–H groups in total. The van der Waals surface area contributed by atoms with Crippen molar-refractivity contribution < 1.29 is 13.5 Å². The molecule has 7 heteroatoms. The minimum Gasteiger partial charge on any atom is -0.374 e. The molecular weight excluding hydrogens is 282 g/mol. The first-order chi connectivity index (χ1) is 8.59. The average Bonchev–Trinajstić information content (AvgIpc) is 2.63. The van der Waals surface area contributed by atoms with Gasteiger partial charge in [-0.3, -0.25) is 0 Å². The van der Waals surface area contributed by atoms with Crippen LogP contribution < -0.4 is 0 Å². The van der Waals surface area contributed by atoms with E-state index < -0.39 is 13.0 Å². The van der Waals surface area contributed by atoms with E-state index in [0.717, 1.165) is 11.0 Å². The van der Waals surface area contributed by atoms with Gasteiger partial charge in [0.1, 0.15) is 6.61 Å². The van der Waals surface area contributed by atoms with E-state index in [4.69, 9.17) is 28.6 Å². The number of halogens is 3. The van der Waals surface area contributed by atoms with Crippen LogP contribution in [-0.2, 0) is 11.3 Å². The van der Waals surface area contributed by atoms with Crippen LogP contribution in [0.4, 0.5) is 8.78 Å². The van der Waals surface area contributed by atoms with Crippen LogP contribution in [0.3, 0.4) is 0 Å². The Morgan fingerprint density at radius 1 is 1.44 bits per heavy atom. The number of nitrogens with one attached hydrogen (secondary N) is 1. The van der Waals surface area contributed by atoms with Gasteiger partial charge in [0.25, 0.3) is 6.43 Å². The number of hydrogen-bond acceptors (Lipinski definition) is 2. The van der Waals surface area contributed by atoms with Gasteiger partial charge in [0.05, 0.1) is 22.7 Å². The lowest BCUT2D eigenvalue weighted by Gasteiger charge is -2.05. The molecule has 0 amide bonds. The zero-order valence-electron chi connectivity index (χ0n) is 9.33. The number of hydrogen-bond donors (Lipinski definition) is 1. The minimum atomic E-state index is -2.45. The summed E-state index contributed by atoms with van der Waals surface area (Å²) in [6, 6.07) is 5.43. The maximum Gasteiger partial charge on any atom is 0.261 e. The van der Waals surface area contributed by atoms with Gasteiger partial charge >= 0.3 is 0 Å². The average molecular weight is 293 g/mol. The number of benzene rings is 1. The van der Waals surface area contributed by atoms with Gasteiger partial charge in [-0.1, -0.05) is 17.7 Å². The molecule has 0 saturated heterocycles. The molecule has 0 aliphatic heterocycles. The molecular formula is C11H11ClF2N2OS. The Morgan fingerprint density at radius 2 is 2.22 bits per heavy atom. The summed E-state index contributed by atoms with van der Waals surface area (Å²) >= 11 is 11.2. The summed E-state index contributed by atoms with van der Waals surface area (Å²) in [5.41, 5.74) is 1.59. The highest BCUT2D eigenvalue weighted by molar-refractivity contribution is 7.71. The molecule has 18 heavy (non-hydrogen) atoms. The molecule has 98 valence electrons. The zero-order valence-corrected chi connectivity index (χ0v) is 10.9. The summed E-state index contributed by atoms with van der Waals surface area (Å²) < 4.78 is 30.9. The minimum absolute atomic E-state index is 0.179. The van der Waals surface area contributed by atoms with Crippen molar-refractivity contribution in [2.75, 3.05) is 13.2 Å². The standard InChI is InChI=1S/C11H11ClF2N2OS/c12-7-2-1-3-8-10(7)15-11(18)16(8)4-5-17-6-9(13)14/h1-3,9H,4-6H2,(H,15,18). The Bertz CT molecular complexity index is 596. The van der Waals surface area contributed by atoms with Crippen LogP contribution in [0.25, 0.3) is 11.0 Å². The maximum atomic E-state index is 11.9. The Labute approximate surface area is 112 Å². The van der Waals surface area contributed by atoms with Crippen LogP contribution in [-0.4, -0.2) is 29.2 Å². The first kappa shape index (κ1) is 13.5. The van der Waals surface area contributed by atoms with Gasteiger partial charge in [-0.15, -0.1) is 0 Å². The quantitative estimate of drug-likeness (QED) is 0.674. The number of imidazole rings is 1. The van der Waals surface area contributed by atoms with Gasteiger partial charge in [-0.2, -0.15) is 0 Å². The monoisotopic (exact) mass is 292 g/mol. The zero-order chi connectivity index (χ0) is 13.1. The molecule has 2 rings (SSSR count). The van der Waals surface area contributed by atoms with Gasteiger partial charge < -0.3 is 14.3 Å². The second kappa shape index (κ2) is 5.77. The SMILES string of the molecule is FC(F)COCCn1c(=S)[nH]c2c(Cl)cccc21. The molecule has 3 nitrogen and oxygen atoms in total. The number of ether oxygens (including phenoxy) is 1. The number of para-hydroxylation sites is 1. The van der Waals surface area contributed by atoms with Crippen LogP contribution in [0.2, 0.25) is 5.02 Å².